The molecule has 1 fully saturated rings. The van der Waals surface area contributed by atoms with Crippen LogP contribution in [0.15, 0.2) is 24.4 Å². The first-order chi connectivity index (χ1) is 15.8. The Kier molecular flexibility index (Phi) is 6.42. The van der Waals surface area contributed by atoms with Crippen LogP contribution in [0.4, 0.5) is 13.6 Å². The Morgan fingerprint density at radius 1 is 1.26 bits per heavy atom. The lowest BCUT2D eigenvalue weighted by molar-refractivity contribution is -0.0629. The molecule has 2 aromatic rings. The Bertz CT molecular complexity index is 1170. The normalized spacial score (nSPS) is 23.5. The molecule has 0 saturated carbocycles. The number of fused-ring (bicyclic) bond motifs is 1. The lowest BCUT2D eigenvalue weighted by Crippen LogP contribution is -2.52. The average Bonchev–Trinajstić information content (AvgIpc) is 3.28. The van der Waals surface area contributed by atoms with Gasteiger partial charge in [0.25, 0.3) is 10.0 Å². The largest absolute Gasteiger partial charge is 0.444 e. The minimum atomic E-state index is -3.47. The number of carbonyl (C=O) groups is 1. The molecule has 4 rings (SSSR count). The van der Waals surface area contributed by atoms with Crippen LogP contribution in [0.1, 0.15) is 50.1 Å². The van der Waals surface area contributed by atoms with E-state index < -0.39 is 45.5 Å². The predicted octanol–water partition coefficient (Wildman–Crippen LogP) is 2.71. The van der Waals surface area contributed by atoms with Crippen molar-refractivity contribution in [1.82, 2.24) is 19.4 Å². The Morgan fingerprint density at radius 2 is 2.00 bits per heavy atom. The summed E-state index contributed by atoms with van der Waals surface area (Å²) in [5.74, 6) is -1.23. The molecule has 1 aromatic carbocycles. The minimum Gasteiger partial charge on any atom is -0.444 e. The minimum absolute atomic E-state index is 0.0219. The van der Waals surface area contributed by atoms with Crippen molar-refractivity contribution < 1.29 is 31.5 Å². The number of nitrogens with one attached hydrogen (secondary N) is 1. The molecule has 3 atom stereocenters. The second-order valence-electron chi connectivity index (χ2n) is 9.70. The summed E-state index contributed by atoms with van der Waals surface area (Å²) in [6, 6.07) is 2.27. The van der Waals surface area contributed by atoms with Gasteiger partial charge in [-0.3, -0.25) is 4.90 Å². The van der Waals surface area contributed by atoms with Crippen LogP contribution in [0.2, 0.25) is 0 Å². The van der Waals surface area contributed by atoms with E-state index in [0.29, 0.717) is 25.2 Å². The average molecular weight is 499 g/mol. The lowest BCUT2D eigenvalue weighted by atomic mass is 9.92. The highest BCUT2D eigenvalue weighted by Gasteiger charge is 2.40. The number of nitrogens with zero attached hydrogens (tertiary/aromatic N) is 3. The van der Waals surface area contributed by atoms with Gasteiger partial charge in [-0.2, -0.15) is 9.19 Å². The molecule has 1 amide bonds. The number of alkyl carbamates (subject to hydrolysis) is 1. The smallest absolute Gasteiger partial charge is 0.407 e. The summed E-state index contributed by atoms with van der Waals surface area (Å²) in [4.78, 5) is 14.6. The van der Waals surface area contributed by atoms with Crippen LogP contribution >= 0.6 is 0 Å². The second kappa shape index (κ2) is 8.90. The first kappa shape index (κ1) is 24.6. The molecule has 12 heteroatoms. The molecule has 0 unspecified atom stereocenters. The number of rotatable bonds is 4. The molecule has 1 aromatic heterocycles. The summed E-state index contributed by atoms with van der Waals surface area (Å²) in [6.07, 6.45) is 1.38. The number of hydrogen-bond donors (Lipinski definition) is 1. The highest BCUT2D eigenvalue weighted by Crippen LogP contribution is 2.35. The van der Waals surface area contributed by atoms with Crippen LogP contribution in [0.3, 0.4) is 0 Å². The number of benzene rings is 1. The topological polar surface area (TPSA) is 103 Å². The van der Waals surface area contributed by atoms with Gasteiger partial charge in [0.15, 0.2) is 0 Å². The highest BCUT2D eigenvalue weighted by molar-refractivity contribution is 7.89. The van der Waals surface area contributed by atoms with Crippen LogP contribution in [-0.4, -0.2) is 59.1 Å². The molecule has 2 aliphatic heterocycles. The van der Waals surface area contributed by atoms with E-state index in [4.69, 9.17) is 9.47 Å². The van der Waals surface area contributed by atoms with Gasteiger partial charge < -0.3 is 14.8 Å². The summed E-state index contributed by atoms with van der Waals surface area (Å²) in [7, 11) is -3.47. The van der Waals surface area contributed by atoms with E-state index in [2.05, 4.69) is 15.3 Å². The molecule has 2 aliphatic rings. The van der Waals surface area contributed by atoms with E-state index in [1.165, 1.54) is 6.20 Å². The third-order valence-electron chi connectivity index (χ3n) is 5.77. The molecule has 186 valence electrons. The molecule has 3 heterocycles. The summed E-state index contributed by atoms with van der Waals surface area (Å²) in [5.41, 5.74) is 0.732. The zero-order valence-electron chi connectivity index (χ0n) is 19.4. The summed E-state index contributed by atoms with van der Waals surface area (Å²) < 4.78 is 64.2. The number of hydrogen-bond acceptors (Lipinski definition) is 7. The fraction of sp³-hybridized carbons (Fsp3) is 0.545. The monoisotopic (exact) mass is 498 g/mol. The fourth-order valence-corrected chi connectivity index (χ4v) is 4.85. The Balaban J connectivity index is 1.53. The Labute approximate surface area is 197 Å². The maximum absolute atomic E-state index is 14.5. The van der Waals surface area contributed by atoms with Crippen molar-refractivity contribution in [3.05, 3.63) is 52.9 Å². The third kappa shape index (κ3) is 5.39. The van der Waals surface area contributed by atoms with Crippen molar-refractivity contribution in [3.63, 3.8) is 0 Å². The molecule has 0 spiro atoms. The Morgan fingerprint density at radius 3 is 2.65 bits per heavy atom. The van der Waals surface area contributed by atoms with Crippen molar-refractivity contribution in [2.24, 2.45) is 0 Å². The summed E-state index contributed by atoms with van der Waals surface area (Å²) in [5, 5.41) is 6.93. The van der Waals surface area contributed by atoms with Crippen molar-refractivity contribution in [1.29, 1.82) is 0 Å². The van der Waals surface area contributed by atoms with Crippen LogP contribution in [0.25, 0.3) is 0 Å². The molecule has 0 bridgehead atoms. The molecular weight excluding hydrogens is 470 g/mol. The van der Waals surface area contributed by atoms with Gasteiger partial charge in [0.1, 0.15) is 23.3 Å². The van der Waals surface area contributed by atoms with Gasteiger partial charge in [0.05, 0.1) is 24.6 Å². The van der Waals surface area contributed by atoms with Crippen LogP contribution in [0, 0.1) is 11.6 Å². The number of halogens is 2. The lowest BCUT2D eigenvalue weighted by Gasteiger charge is -2.40. The molecule has 9 nitrogen and oxygen atoms in total. The highest BCUT2D eigenvalue weighted by atomic mass is 32.2. The number of amides is 1. The van der Waals surface area contributed by atoms with Crippen LogP contribution < -0.4 is 5.32 Å². The molecule has 1 N–H and O–H groups in total. The molecule has 0 aliphatic carbocycles. The first-order valence-corrected chi connectivity index (χ1v) is 12.7. The second-order valence-corrected chi connectivity index (χ2v) is 11.5. The van der Waals surface area contributed by atoms with Crippen LogP contribution in [0.5, 0.6) is 0 Å². The van der Waals surface area contributed by atoms with Crippen molar-refractivity contribution >= 4 is 16.1 Å². The van der Waals surface area contributed by atoms with Crippen molar-refractivity contribution in [2.45, 2.75) is 64.1 Å². The number of aromatic nitrogens is 2. The maximum atomic E-state index is 14.5. The first-order valence-electron chi connectivity index (χ1n) is 10.9. The van der Waals surface area contributed by atoms with Gasteiger partial charge in [0, 0.05) is 36.5 Å². The van der Waals surface area contributed by atoms with E-state index >= 15 is 0 Å². The van der Waals surface area contributed by atoms with E-state index in [1.807, 2.05) is 0 Å². The van der Waals surface area contributed by atoms with Crippen molar-refractivity contribution in [3.8, 4) is 0 Å². The van der Waals surface area contributed by atoms with E-state index in [0.717, 1.165) is 34.1 Å². The maximum Gasteiger partial charge on any atom is 0.407 e. The molecular formula is C22H28F2N4O5S. The SMILES string of the molecule is CC(C)(C)OC(=O)N[C@@H]1C[C@H](N2Cc3cn(S(C)(=O)=O)nc3C2)CO[C@H]1c1cc(F)ccc1F. The van der Waals surface area contributed by atoms with Gasteiger partial charge in [-0.25, -0.2) is 22.0 Å². The summed E-state index contributed by atoms with van der Waals surface area (Å²) >= 11 is 0. The fourth-order valence-electron chi connectivity index (χ4n) is 4.28. The van der Waals surface area contributed by atoms with Gasteiger partial charge in [-0.15, -0.1) is 0 Å². The quantitative estimate of drug-likeness (QED) is 0.692. The van der Waals surface area contributed by atoms with Gasteiger partial charge in [-0.05, 0) is 45.4 Å². The molecule has 1 saturated heterocycles. The van der Waals surface area contributed by atoms with E-state index in [9.17, 15) is 22.0 Å². The molecule has 34 heavy (non-hydrogen) atoms. The van der Waals surface area contributed by atoms with Crippen molar-refractivity contribution in [2.75, 3.05) is 12.9 Å². The van der Waals surface area contributed by atoms with Gasteiger partial charge in [-0.1, -0.05) is 0 Å². The van der Waals surface area contributed by atoms with E-state index in [1.54, 1.807) is 20.8 Å². The zero-order chi connectivity index (χ0) is 24.8. The van der Waals surface area contributed by atoms with Gasteiger partial charge in [0.2, 0.25) is 0 Å². The third-order valence-corrected chi connectivity index (χ3v) is 6.63. The van der Waals surface area contributed by atoms with E-state index in [-0.39, 0.29) is 18.2 Å². The predicted molar refractivity (Wildman–Crippen MR) is 118 cm³/mol. The zero-order valence-corrected chi connectivity index (χ0v) is 20.2. The number of ether oxygens (including phenoxy) is 2. The number of carbonyl (C=O) groups excluding carboxylic acids is 1. The Hall–Kier alpha value is -2.57. The van der Waals surface area contributed by atoms with Crippen LogP contribution in [-0.2, 0) is 32.6 Å². The standard InChI is InChI=1S/C22H28F2N4O5S/c1-22(2,3)33-21(29)25-18-8-15(12-32-20(18)16-7-14(23)5-6-17(16)24)27-9-13-10-28(34(4,30)31)26-19(13)11-27/h5-7,10,15,18,20H,8-9,11-12H2,1-4H3,(H,25,29)/t15-,18+,20-/m0/s1. The summed E-state index contributed by atoms with van der Waals surface area (Å²) in [6.45, 7) is 6.26. The molecule has 0 radical (unpaired) electrons. The van der Waals surface area contributed by atoms with Gasteiger partial charge >= 0.3 is 6.09 Å².